The summed E-state index contributed by atoms with van der Waals surface area (Å²) in [4.78, 5) is 24.4. The molecule has 142 valence electrons. The summed E-state index contributed by atoms with van der Waals surface area (Å²) in [7, 11) is 0. The summed E-state index contributed by atoms with van der Waals surface area (Å²) >= 11 is 0. The molecule has 0 unspecified atom stereocenters. The second-order valence-corrected chi connectivity index (χ2v) is 6.60. The molecule has 3 rings (SSSR count). The second kappa shape index (κ2) is 8.86. The number of nitrogens with one attached hydrogen (secondary N) is 3. The summed E-state index contributed by atoms with van der Waals surface area (Å²) < 4.78 is 0. The van der Waals surface area contributed by atoms with Crippen LogP contribution in [0, 0.1) is 13.8 Å². The number of aryl methyl sites for hydroxylation is 2. The van der Waals surface area contributed by atoms with E-state index in [4.69, 9.17) is 0 Å². The molecule has 0 bridgehead atoms. The summed E-state index contributed by atoms with van der Waals surface area (Å²) in [5, 5.41) is 8.73. The van der Waals surface area contributed by atoms with Crippen molar-refractivity contribution in [3.8, 4) is 0 Å². The van der Waals surface area contributed by atoms with Crippen LogP contribution in [0.15, 0.2) is 72.8 Å². The van der Waals surface area contributed by atoms with Crippen molar-refractivity contribution in [2.75, 3.05) is 17.2 Å². The fourth-order valence-electron chi connectivity index (χ4n) is 2.71. The Bertz CT molecular complexity index is 984. The number of para-hydroxylation sites is 1. The van der Waals surface area contributed by atoms with E-state index in [1.165, 1.54) is 0 Å². The standard InChI is InChI=1S/C23H23N3O2/c1-16-11-12-18(13-17(16)2)23(28)24-15-22(27)26-21-10-6-9-20(14-21)25-19-7-4-3-5-8-19/h3-14,25H,15H2,1-2H3,(H,24,28)(H,26,27). The Kier molecular flexibility index (Phi) is 6.07. The number of benzene rings is 3. The molecule has 0 fully saturated rings. The van der Waals surface area contributed by atoms with Gasteiger partial charge < -0.3 is 16.0 Å². The maximum atomic E-state index is 12.2. The van der Waals surface area contributed by atoms with E-state index < -0.39 is 0 Å². The maximum Gasteiger partial charge on any atom is 0.251 e. The summed E-state index contributed by atoms with van der Waals surface area (Å²) in [5.41, 5.74) is 5.20. The molecule has 5 nitrogen and oxygen atoms in total. The lowest BCUT2D eigenvalue weighted by Crippen LogP contribution is -2.32. The topological polar surface area (TPSA) is 70.2 Å². The highest BCUT2D eigenvalue weighted by Gasteiger charge is 2.09. The lowest BCUT2D eigenvalue weighted by Gasteiger charge is -2.10. The molecule has 0 saturated carbocycles. The summed E-state index contributed by atoms with van der Waals surface area (Å²) in [6.45, 7) is 3.85. The molecule has 3 aromatic carbocycles. The van der Waals surface area contributed by atoms with Gasteiger partial charge in [0.1, 0.15) is 0 Å². The molecular formula is C23H23N3O2. The Hall–Kier alpha value is -3.60. The molecule has 0 saturated heterocycles. The predicted molar refractivity (Wildman–Crippen MR) is 113 cm³/mol. The van der Waals surface area contributed by atoms with Gasteiger partial charge >= 0.3 is 0 Å². The van der Waals surface area contributed by atoms with Crippen LogP contribution in [0.1, 0.15) is 21.5 Å². The zero-order chi connectivity index (χ0) is 19.9. The van der Waals surface area contributed by atoms with Crippen LogP contribution in [0.4, 0.5) is 17.1 Å². The van der Waals surface area contributed by atoms with Gasteiger partial charge in [0.05, 0.1) is 6.54 Å². The summed E-state index contributed by atoms with van der Waals surface area (Å²) in [6, 6.07) is 22.7. The van der Waals surface area contributed by atoms with Gasteiger partial charge in [0.15, 0.2) is 0 Å². The van der Waals surface area contributed by atoms with Crippen molar-refractivity contribution in [3.05, 3.63) is 89.5 Å². The van der Waals surface area contributed by atoms with Crippen LogP contribution in [0.2, 0.25) is 0 Å². The first-order chi connectivity index (χ1) is 13.5. The first-order valence-electron chi connectivity index (χ1n) is 9.09. The van der Waals surface area contributed by atoms with Crippen LogP contribution < -0.4 is 16.0 Å². The van der Waals surface area contributed by atoms with Crippen molar-refractivity contribution in [1.29, 1.82) is 0 Å². The van der Waals surface area contributed by atoms with Crippen LogP contribution >= 0.6 is 0 Å². The lowest BCUT2D eigenvalue weighted by atomic mass is 10.1. The van der Waals surface area contributed by atoms with Crippen LogP contribution in [0.3, 0.4) is 0 Å². The highest BCUT2D eigenvalue weighted by molar-refractivity contribution is 5.99. The lowest BCUT2D eigenvalue weighted by molar-refractivity contribution is -0.115. The third kappa shape index (κ3) is 5.20. The minimum Gasteiger partial charge on any atom is -0.355 e. The Morgan fingerprint density at radius 3 is 2.21 bits per heavy atom. The molecule has 0 heterocycles. The first kappa shape index (κ1) is 19.2. The molecule has 3 aromatic rings. The zero-order valence-corrected chi connectivity index (χ0v) is 16.0. The number of carbonyl (C=O) groups is 2. The van der Waals surface area contributed by atoms with E-state index >= 15 is 0 Å². The molecular weight excluding hydrogens is 350 g/mol. The highest BCUT2D eigenvalue weighted by atomic mass is 16.2. The van der Waals surface area contributed by atoms with Gasteiger partial charge in [-0.15, -0.1) is 0 Å². The minimum absolute atomic E-state index is 0.0951. The number of hydrogen-bond donors (Lipinski definition) is 3. The highest BCUT2D eigenvalue weighted by Crippen LogP contribution is 2.19. The molecule has 0 aromatic heterocycles. The average Bonchev–Trinajstić information content (AvgIpc) is 2.69. The second-order valence-electron chi connectivity index (χ2n) is 6.60. The van der Waals surface area contributed by atoms with Crippen molar-refractivity contribution in [1.82, 2.24) is 5.32 Å². The molecule has 0 aliphatic carbocycles. The van der Waals surface area contributed by atoms with E-state index in [1.54, 1.807) is 12.1 Å². The zero-order valence-electron chi connectivity index (χ0n) is 16.0. The molecule has 0 spiro atoms. The van der Waals surface area contributed by atoms with Crippen molar-refractivity contribution < 1.29 is 9.59 Å². The Morgan fingerprint density at radius 1 is 0.750 bits per heavy atom. The fraction of sp³-hybridized carbons (Fsp3) is 0.130. The van der Waals surface area contributed by atoms with E-state index in [2.05, 4.69) is 16.0 Å². The number of amides is 2. The predicted octanol–water partition coefficient (Wildman–Crippen LogP) is 4.42. The minimum atomic E-state index is -0.283. The van der Waals surface area contributed by atoms with Gasteiger partial charge in [-0.1, -0.05) is 30.3 Å². The Morgan fingerprint density at radius 2 is 1.46 bits per heavy atom. The van der Waals surface area contributed by atoms with Crippen molar-refractivity contribution in [2.24, 2.45) is 0 Å². The van der Waals surface area contributed by atoms with Crippen LogP contribution in [0.25, 0.3) is 0 Å². The molecule has 0 radical (unpaired) electrons. The van der Waals surface area contributed by atoms with Crippen LogP contribution in [-0.2, 0) is 4.79 Å². The van der Waals surface area contributed by atoms with Gasteiger partial charge in [-0.2, -0.15) is 0 Å². The molecule has 3 N–H and O–H groups in total. The monoisotopic (exact) mass is 373 g/mol. The van der Waals surface area contributed by atoms with Gasteiger partial charge in [0.25, 0.3) is 5.91 Å². The molecule has 28 heavy (non-hydrogen) atoms. The van der Waals surface area contributed by atoms with E-state index in [9.17, 15) is 9.59 Å². The Balaban J connectivity index is 1.55. The van der Waals surface area contributed by atoms with E-state index in [1.807, 2.05) is 74.5 Å². The van der Waals surface area contributed by atoms with Crippen molar-refractivity contribution in [3.63, 3.8) is 0 Å². The molecule has 5 heteroatoms. The number of anilines is 3. The third-order valence-corrected chi connectivity index (χ3v) is 4.39. The van der Waals surface area contributed by atoms with Gasteiger partial charge in [-0.05, 0) is 67.4 Å². The fourth-order valence-corrected chi connectivity index (χ4v) is 2.71. The molecule has 0 aliphatic rings. The van der Waals surface area contributed by atoms with Gasteiger partial charge in [-0.25, -0.2) is 0 Å². The SMILES string of the molecule is Cc1ccc(C(=O)NCC(=O)Nc2cccc(Nc3ccccc3)c2)cc1C. The van der Waals surface area contributed by atoms with E-state index in [0.717, 1.165) is 22.5 Å². The van der Waals surface area contributed by atoms with Gasteiger partial charge in [0.2, 0.25) is 5.91 Å². The summed E-state index contributed by atoms with van der Waals surface area (Å²) in [6.07, 6.45) is 0. The van der Waals surface area contributed by atoms with E-state index in [0.29, 0.717) is 11.3 Å². The van der Waals surface area contributed by atoms with E-state index in [-0.39, 0.29) is 18.4 Å². The smallest absolute Gasteiger partial charge is 0.251 e. The number of carbonyl (C=O) groups excluding carboxylic acids is 2. The van der Waals surface area contributed by atoms with Crippen molar-refractivity contribution >= 4 is 28.9 Å². The van der Waals surface area contributed by atoms with Gasteiger partial charge in [-0.3, -0.25) is 9.59 Å². The molecule has 2 amide bonds. The molecule has 0 atom stereocenters. The number of hydrogen-bond acceptors (Lipinski definition) is 3. The largest absolute Gasteiger partial charge is 0.355 e. The quantitative estimate of drug-likeness (QED) is 0.599. The third-order valence-electron chi connectivity index (χ3n) is 4.39. The maximum absolute atomic E-state index is 12.2. The molecule has 0 aliphatic heterocycles. The normalized spacial score (nSPS) is 10.2. The van der Waals surface area contributed by atoms with Crippen LogP contribution in [-0.4, -0.2) is 18.4 Å². The average molecular weight is 373 g/mol. The van der Waals surface area contributed by atoms with Gasteiger partial charge in [0, 0.05) is 22.6 Å². The first-order valence-corrected chi connectivity index (χ1v) is 9.09. The Labute approximate surface area is 164 Å². The number of rotatable bonds is 6. The van der Waals surface area contributed by atoms with Crippen LogP contribution in [0.5, 0.6) is 0 Å². The summed E-state index contributed by atoms with van der Waals surface area (Å²) in [5.74, 6) is -0.549. The van der Waals surface area contributed by atoms with Crippen molar-refractivity contribution in [2.45, 2.75) is 13.8 Å².